The van der Waals surface area contributed by atoms with Crippen LogP contribution in [0.3, 0.4) is 0 Å². The first-order valence-corrected chi connectivity index (χ1v) is 6.01. The van der Waals surface area contributed by atoms with Crippen molar-refractivity contribution in [1.29, 1.82) is 0 Å². The van der Waals surface area contributed by atoms with E-state index in [1.165, 1.54) is 44.9 Å². The maximum absolute atomic E-state index is 11.0. The van der Waals surface area contributed by atoms with Gasteiger partial charge in [0.15, 0.2) is 0 Å². The average Bonchev–Trinajstić information content (AvgIpc) is 2.19. The number of amides is 1. The predicted octanol–water partition coefficient (Wildman–Crippen LogP) is 2.61. The van der Waals surface area contributed by atoms with Crippen molar-refractivity contribution in [1.82, 2.24) is 0 Å². The Morgan fingerprint density at radius 3 is 2.07 bits per heavy atom. The summed E-state index contributed by atoms with van der Waals surface area (Å²) in [5.74, 6) is 0.109. The molecule has 2 N–H and O–H groups in total. The first kappa shape index (κ1) is 10.0. The van der Waals surface area contributed by atoms with Crippen molar-refractivity contribution in [3.8, 4) is 0 Å². The second-order valence-electron chi connectivity index (χ2n) is 5.24. The molecule has 0 aliphatic heterocycles. The number of primary amides is 1. The lowest BCUT2D eigenvalue weighted by molar-refractivity contribution is -0.123. The van der Waals surface area contributed by atoms with Gasteiger partial charge in [0.25, 0.3) is 0 Å². The molecule has 80 valence electrons. The van der Waals surface area contributed by atoms with Crippen LogP contribution in [0.15, 0.2) is 0 Å². The van der Waals surface area contributed by atoms with E-state index < -0.39 is 0 Å². The molecule has 0 radical (unpaired) electrons. The van der Waals surface area contributed by atoms with E-state index in [1.54, 1.807) is 0 Å². The van der Waals surface area contributed by atoms with Crippen molar-refractivity contribution in [2.75, 3.05) is 0 Å². The Morgan fingerprint density at radius 2 is 1.57 bits per heavy atom. The molecular formula is C12H21NO. The highest BCUT2D eigenvalue weighted by molar-refractivity contribution is 5.76. The van der Waals surface area contributed by atoms with Gasteiger partial charge in [0.2, 0.25) is 5.91 Å². The van der Waals surface area contributed by atoms with Gasteiger partial charge in [-0.05, 0) is 43.9 Å². The zero-order valence-electron chi connectivity index (χ0n) is 8.93. The van der Waals surface area contributed by atoms with Crippen LogP contribution in [0.1, 0.15) is 57.8 Å². The molecule has 14 heavy (non-hydrogen) atoms. The summed E-state index contributed by atoms with van der Waals surface area (Å²) in [6.45, 7) is 0. The van der Waals surface area contributed by atoms with Gasteiger partial charge in [-0.25, -0.2) is 0 Å². The topological polar surface area (TPSA) is 43.1 Å². The normalized spacial score (nSPS) is 27.7. The molecule has 0 bridgehead atoms. The van der Waals surface area contributed by atoms with Crippen molar-refractivity contribution >= 4 is 5.91 Å². The Kier molecular flexibility index (Phi) is 2.80. The van der Waals surface area contributed by atoms with Crippen LogP contribution < -0.4 is 5.73 Å². The molecule has 1 amide bonds. The molecule has 0 unspecified atom stereocenters. The zero-order valence-corrected chi connectivity index (χ0v) is 8.93. The lowest BCUT2D eigenvalue weighted by Crippen LogP contribution is -2.34. The second kappa shape index (κ2) is 3.92. The number of rotatable bonds is 1. The first-order chi connectivity index (χ1) is 6.72. The molecule has 0 aromatic carbocycles. The second-order valence-corrected chi connectivity index (χ2v) is 5.24. The highest BCUT2D eigenvalue weighted by Gasteiger charge is 2.37. The zero-order chi connectivity index (χ0) is 10.0. The third-order valence-electron chi connectivity index (χ3n) is 4.36. The van der Waals surface area contributed by atoms with Crippen molar-refractivity contribution < 1.29 is 4.79 Å². The largest absolute Gasteiger partial charge is 0.369 e. The van der Waals surface area contributed by atoms with Crippen LogP contribution in [-0.4, -0.2) is 5.91 Å². The fourth-order valence-corrected chi connectivity index (χ4v) is 3.32. The van der Waals surface area contributed by atoms with E-state index in [1.807, 2.05) is 0 Å². The van der Waals surface area contributed by atoms with Gasteiger partial charge in [-0.15, -0.1) is 0 Å². The molecular weight excluding hydrogens is 174 g/mol. The standard InChI is InChI=1S/C12H21NO/c13-11(14)10-4-8-12(9-5-10)6-2-1-3-7-12/h10H,1-9H2,(H2,13,14). The summed E-state index contributed by atoms with van der Waals surface area (Å²) in [4.78, 5) is 11.0. The summed E-state index contributed by atoms with van der Waals surface area (Å²) in [6, 6.07) is 0. The molecule has 1 spiro atoms. The number of carbonyl (C=O) groups excluding carboxylic acids is 1. The van der Waals surface area contributed by atoms with Gasteiger partial charge in [-0.3, -0.25) is 4.79 Å². The van der Waals surface area contributed by atoms with Gasteiger partial charge < -0.3 is 5.73 Å². The molecule has 2 heteroatoms. The van der Waals surface area contributed by atoms with E-state index in [0.717, 1.165) is 12.8 Å². The Bertz CT molecular complexity index is 208. The molecule has 2 fully saturated rings. The highest BCUT2D eigenvalue weighted by atomic mass is 16.1. The molecule has 0 atom stereocenters. The number of carbonyl (C=O) groups is 1. The quantitative estimate of drug-likeness (QED) is 0.686. The number of hydrogen-bond acceptors (Lipinski definition) is 1. The van der Waals surface area contributed by atoms with Crippen molar-refractivity contribution in [3.05, 3.63) is 0 Å². The molecule has 0 aromatic rings. The SMILES string of the molecule is NC(=O)C1CCC2(CCCCC2)CC1. The van der Waals surface area contributed by atoms with E-state index in [9.17, 15) is 4.79 Å². The third-order valence-corrected chi connectivity index (χ3v) is 4.36. The minimum atomic E-state index is -0.0735. The minimum absolute atomic E-state index is 0.0735. The Labute approximate surface area is 86.2 Å². The van der Waals surface area contributed by atoms with E-state index >= 15 is 0 Å². The molecule has 0 aromatic heterocycles. The van der Waals surface area contributed by atoms with Crippen LogP contribution in [0.25, 0.3) is 0 Å². The summed E-state index contributed by atoms with van der Waals surface area (Å²) in [5, 5.41) is 0. The van der Waals surface area contributed by atoms with Gasteiger partial charge in [-0.2, -0.15) is 0 Å². The van der Waals surface area contributed by atoms with Crippen LogP contribution in [0, 0.1) is 11.3 Å². The fraction of sp³-hybridized carbons (Fsp3) is 0.917. The van der Waals surface area contributed by atoms with Crippen molar-refractivity contribution in [2.24, 2.45) is 17.1 Å². The summed E-state index contributed by atoms with van der Waals surface area (Å²) >= 11 is 0. The Balaban J connectivity index is 1.90. The molecule has 0 heterocycles. The van der Waals surface area contributed by atoms with Crippen LogP contribution in [-0.2, 0) is 4.79 Å². The van der Waals surface area contributed by atoms with Crippen LogP contribution in [0.5, 0.6) is 0 Å². The van der Waals surface area contributed by atoms with Gasteiger partial charge in [0.1, 0.15) is 0 Å². The monoisotopic (exact) mass is 195 g/mol. The van der Waals surface area contributed by atoms with Crippen LogP contribution in [0.2, 0.25) is 0 Å². The van der Waals surface area contributed by atoms with Crippen LogP contribution >= 0.6 is 0 Å². The summed E-state index contributed by atoms with van der Waals surface area (Å²) in [7, 11) is 0. The lowest BCUT2D eigenvalue weighted by atomic mass is 9.63. The molecule has 2 aliphatic carbocycles. The summed E-state index contributed by atoms with van der Waals surface area (Å²) in [5.41, 5.74) is 5.96. The Morgan fingerprint density at radius 1 is 1.00 bits per heavy atom. The maximum atomic E-state index is 11.0. The average molecular weight is 195 g/mol. The van der Waals surface area contributed by atoms with Gasteiger partial charge in [0.05, 0.1) is 0 Å². The smallest absolute Gasteiger partial charge is 0.220 e. The van der Waals surface area contributed by atoms with E-state index in [-0.39, 0.29) is 11.8 Å². The minimum Gasteiger partial charge on any atom is -0.369 e. The van der Waals surface area contributed by atoms with Crippen LogP contribution in [0.4, 0.5) is 0 Å². The van der Waals surface area contributed by atoms with Crippen molar-refractivity contribution in [2.45, 2.75) is 57.8 Å². The lowest BCUT2D eigenvalue weighted by Gasteiger charge is -2.42. The van der Waals surface area contributed by atoms with Gasteiger partial charge in [0, 0.05) is 5.92 Å². The van der Waals surface area contributed by atoms with Crippen molar-refractivity contribution in [3.63, 3.8) is 0 Å². The van der Waals surface area contributed by atoms with E-state index in [4.69, 9.17) is 5.73 Å². The predicted molar refractivity (Wildman–Crippen MR) is 56.7 cm³/mol. The fourth-order valence-electron chi connectivity index (χ4n) is 3.32. The number of nitrogens with two attached hydrogens (primary N) is 1. The summed E-state index contributed by atoms with van der Waals surface area (Å²) in [6.07, 6.45) is 11.6. The van der Waals surface area contributed by atoms with Gasteiger partial charge >= 0.3 is 0 Å². The third kappa shape index (κ3) is 1.94. The molecule has 2 rings (SSSR count). The Hall–Kier alpha value is -0.530. The molecule has 2 nitrogen and oxygen atoms in total. The van der Waals surface area contributed by atoms with E-state index in [2.05, 4.69) is 0 Å². The first-order valence-electron chi connectivity index (χ1n) is 6.01. The van der Waals surface area contributed by atoms with E-state index in [0.29, 0.717) is 5.41 Å². The highest BCUT2D eigenvalue weighted by Crippen LogP contribution is 2.48. The molecule has 2 saturated carbocycles. The summed E-state index contributed by atoms with van der Waals surface area (Å²) < 4.78 is 0. The van der Waals surface area contributed by atoms with Gasteiger partial charge in [-0.1, -0.05) is 19.3 Å². The maximum Gasteiger partial charge on any atom is 0.220 e. The number of hydrogen-bond donors (Lipinski definition) is 1. The molecule has 2 aliphatic rings. The molecule has 0 saturated heterocycles.